The molecule has 1 amide bonds. The lowest BCUT2D eigenvalue weighted by atomic mass is 10.3. The molecule has 2 aliphatic carbocycles. The predicted molar refractivity (Wildman–Crippen MR) is 119 cm³/mol. The number of ether oxygens (including phenoxy) is 1. The van der Waals surface area contributed by atoms with Gasteiger partial charge in [0, 0.05) is 29.8 Å². The fourth-order valence-corrected chi connectivity index (χ4v) is 3.69. The van der Waals surface area contributed by atoms with Crippen LogP contribution in [0.1, 0.15) is 43.6 Å². The number of carbonyl (C=O) groups excluding carboxylic acids is 1. The first-order valence-electron chi connectivity index (χ1n) is 10.4. The molecule has 2 heterocycles. The molecule has 164 valence electrons. The third kappa shape index (κ3) is 3.78. The van der Waals surface area contributed by atoms with Crippen molar-refractivity contribution in [2.24, 2.45) is 0 Å². The van der Waals surface area contributed by atoms with Crippen LogP contribution in [0, 0.1) is 11.8 Å². The van der Waals surface area contributed by atoms with Crippen molar-refractivity contribution >= 4 is 34.5 Å². The van der Waals surface area contributed by atoms with Gasteiger partial charge in [-0.2, -0.15) is 0 Å². The molecule has 2 fully saturated rings. The van der Waals surface area contributed by atoms with Crippen molar-refractivity contribution in [3.63, 3.8) is 0 Å². The van der Waals surface area contributed by atoms with Crippen LogP contribution in [0.5, 0.6) is 0 Å². The molecular formula is C22H20ClN5O4. The summed E-state index contributed by atoms with van der Waals surface area (Å²) in [5.41, 5.74) is 0.601. The smallest absolute Gasteiger partial charge is 0.414 e. The summed E-state index contributed by atoms with van der Waals surface area (Å²) in [6.45, 7) is -0.157. The molecule has 0 aliphatic heterocycles. The molecule has 9 nitrogen and oxygen atoms in total. The summed E-state index contributed by atoms with van der Waals surface area (Å²) in [5.74, 6) is 5.76. The van der Waals surface area contributed by atoms with Crippen LogP contribution in [0.15, 0.2) is 33.9 Å². The first-order chi connectivity index (χ1) is 15.4. The minimum Gasteiger partial charge on any atom is -0.436 e. The van der Waals surface area contributed by atoms with Gasteiger partial charge in [-0.1, -0.05) is 17.5 Å². The second-order valence-electron chi connectivity index (χ2n) is 7.97. The Morgan fingerprint density at radius 2 is 1.84 bits per heavy atom. The number of halogens is 1. The molecule has 0 saturated heterocycles. The topological polar surface area (TPSA) is 102 Å². The Bertz CT molecular complexity index is 1380. The van der Waals surface area contributed by atoms with E-state index in [1.165, 1.54) is 9.47 Å². The number of hydrogen-bond donors (Lipinski definition) is 1. The Labute approximate surface area is 187 Å². The van der Waals surface area contributed by atoms with Crippen molar-refractivity contribution in [3.05, 3.63) is 56.0 Å². The summed E-state index contributed by atoms with van der Waals surface area (Å²) < 4.78 is 8.12. The molecular weight excluding hydrogens is 434 g/mol. The van der Waals surface area contributed by atoms with Gasteiger partial charge in [0.25, 0.3) is 5.56 Å². The summed E-state index contributed by atoms with van der Waals surface area (Å²) in [6, 6.07) is 6.82. The molecule has 0 unspecified atom stereocenters. The van der Waals surface area contributed by atoms with Crippen LogP contribution >= 0.6 is 11.6 Å². The molecule has 2 aromatic heterocycles. The maximum Gasteiger partial charge on any atom is 0.414 e. The maximum atomic E-state index is 12.9. The van der Waals surface area contributed by atoms with E-state index < -0.39 is 6.09 Å². The van der Waals surface area contributed by atoms with Gasteiger partial charge >= 0.3 is 11.8 Å². The van der Waals surface area contributed by atoms with Crippen LogP contribution in [0.3, 0.4) is 0 Å². The molecule has 3 aromatic rings. The number of H-pyrrole nitrogens is 1. The molecule has 2 saturated carbocycles. The summed E-state index contributed by atoms with van der Waals surface area (Å²) in [7, 11) is 1.58. The van der Waals surface area contributed by atoms with Crippen molar-refractivity contribution in [3.8, 4) is 11.8 Å². The highest BCUT2D eigenvalue weighted by Crippen LogP contribution is 2.36. The lowest BCUT2D eigenvalue weighted by Gasteiger charge is -2.15. The molecule has 0 radical (unpaired) electrons. The molecule has 0 bridgehead atoms. The first kappa shape index (κ1) is 20.4. The number of aromatic nitrogens is 4. The number of fused-ring (bicyclic) bond motifs is 1. The van der Waals surface area contributed by atoms with E-state index in [9.17, 15) is 14.4 Å². The minimum absolute atomic E-state index is 0.0284. The van der Waals surface area contributed by atoms with Crippen molar-refractivity contribution in [1.29, 1.82) is 0 Å². The number of rotatable bonds is 4. The molecule has 1 N–H and O–H groups in total. The normalized spacial score (nSPS) is 15.3. The second-order valence-corrected chi connectivity index (χ2v) is 8.40. The number of hydrogen-bond acceptors (Lipinski definition) is 5. The highest BCUT2D eigenvalue weighted by molar-refractivity contribution is 6.30. The van der Waals surface area contributed by atoms with Crippen LogP contribution < -0.4 is 16.1 Å². The summed E-state index contributed by atoms with van der Waals surface area (Å²) in [4.78, 5) is 46.6. The SMILES string of the molecule is CN(C(=O)OCC#Cc1nc2c([nH]1)c(=O)n(C1CC1)c(=O)n2C1CC1)c1ccc(Cl)cc1. The van der Waals surface area contributed by atoms with Gasteiger partial charge in [0.2, 0.25) is 0 Å². The van der Waals surface area contributed by atoms with Gasteiger partial charge < -0.3 is 9.72 Å². The summed E-state index contributed by atoms with van der Waals surface area (Å²) in [6.07, 6.45) is 2.89. The Morgan fingerprint density at radius 1 is 1.19 bits per heavy atom. The number of amides is 1. The molecule has 1 aromatic carbocycles. The standard InChI is InChI=1S/C22H20ClN5O4/c1-26(14-6-4-13(23)5-7-14)22(31)32-12-2-3-17-24-18-19(25-17)27(15-8-9-15)21(30)28(20(18)29)16-10-11-16/h4-7,15-16H,8-12H2,1H3,(H,24,25). The Kier molecular flexibility index (Phi) is 5.02. The van der Waals surface area contributed by atoms with Crippen molar-refractivity contribution < 1.29 is 9.53 Å². The molecule has 0 atom stereocenters. The second kappa shape index (κ2) is 7.88. The highest BCUT2D eigenvalue weighted by atomic mass is 35.5. The van der Waals surface area contributed by atoms with Gasteiger partial charge in [0.15, 0.2) is 23.6 Å². The Hall–Kier alpha value is -3.51. The van der Waals surface area contributed by atoms with Crippen LogP contribution in [0.4, 0.5) is 10.5 Å². The average molecular weight is 454 g/mol. The molecule has 0 spiro atoms. The predicted octanol–water partition coefficient (Wildman–Crippen LogP) is 2.83. The summed E-state index contributed by atoms with van der Waals surface area (Å²) >= 11 is 5.86. The quantitative estimate of drug-likeness (QED) is 0.612. The van der Waals surface area contributed by atoms with E-state index in [4.69, 9.17) is 16.3 Å². The maximum absolute atomic E-state index is 12.9. The molecule has 10 heteroatoms. The van der Waals surface area contributed by atoms with E-state index in [1.807, 2.05) is 0 Å². The lowest BCUT2D eigenvalue weighted by molar-refractivity contribution is 0.169. The van der Waals surface area contributed by atoms with Crippen LogP contribution in [-0.2, 0) is 4.74 Å². The number of imidazole rings is 1. The monoisotopic (exact) mass is 453 g/mol. The van der Waals surface area contributed by atoms with Crippen molar-refractivity contribution in [2.75, 3.05) is 18.6 Å². The van der Waals surface area contributed by atoms with E-state index >= 15 is 0 Å². The number of aromatic amines is 1. The fraction of sp³-hybridized carbons (Fsp3) is 0.364. The zero-order chi connectivity index (χ0) is 22.4. The van der Waals surface area contributed by atoms with E-state index in [0.717, 1.165) is 25.7 Å². The van der Waals surface area contributed by atoms with Gasteiger partial charge in [-0.05, 0) is 55.9 Å². The fourth-order valence-electron chi connectivity index (χ4n) is 3.56. The van der Waals surface area contributed by atoms with Gasteiger partial charge in [0.05, 0.1) is 0 Å². The van der Waals surface area contributed by atoms with Crippen LogP contribution in [-0.4, -0.2) is 38.8 Å². The number of nitrogens with zero attached hydrogens (tertiary/aromatic N) is 4. The van der Waals surface area contributed by atoms with Gasteiger partial charge in [-0.15, -0.1) is 0 Å². The van der Waals surface area contributed by atoms with Gasteiger partial charge in [0.1, 0.15) is 0 Å². The third-order valence-electron chi connectivity index (χ3n) is 5.54. The molecule has 5 rings (SSSR count). The lowest BCUT2D eigenvalue weighted by Crippen LogP contribution is -2.39. The first-order valence-corrected chi connectivity index (χ1v) is 10.7. The zero-order valence-corrected chi connectivity index (χ0v) is 18.1. The zero-order valence-electron chi connectivity index (χ0n) is 17.3. The third-order valence-corrected chi connectivity index (χ3v) is 5.80. The largest absolute Gasteiger partial charge is 0.436 e. The van der Waals surface area contributed by atoms with E-state index in [-0.39, 0.29) is 41.3 Å². The van der Waals surface area contributed by atoms with Crippen molar-refractivity contribution in [2.45, 2.75) is 37.8 Å². The molecule has 32 heavy (non-hydrogen) atoms. The molecule has 2 aliphatic rings. The minimum atomic E-state index is -0.568. The number of benzene rings is 1. The highest BCUT2D eigenvalue weighted by Gasteiger charge is 2.34. The van der Waals surface area contributed by atoms with E-state index in [1.54, 1.807) is 35.9 Å². The van der Waals surface area contributed by atoms with Crippen molar-refractivity contribution in [1.82, 2.24) is 19.1 Å². The van der Waals surface area contributed by atoms with Crippen LogP contribution in [0.25, 0.3) is 11.2 Å². The van der Waals surface area contributed by atoms with E-state index in [2.05, 4.69) is 21.8 Å². The number of carbonyl (C=O) groups is 1. The van der Waals surface area contributed by atoms with E-state index in [0.29, 0.717) is 16.4 Å². The average Bonchev–Trinajstić information content (AvgIpc) is 3.70. The van der Waals surface area contributed by atoms with Crippen LogP contribution in [0.2, 0.25) is 5.02 Å². The number of nitrogens with one attached hydrogen (secondary N) is 1. The Balaban J connectivity index is 1.34. The Morgan fingerprint density at radius 3 is 2.50 bits per heavy atom. The van der Waals surface area contributed by atoms with Gasteiger partial charge in [-0.3, -0.25) is 18.8 Å². The van der Waals surface area contributed by atoms with Gasteiger partial charge in [-0.25, -0.2) is 14.6 Å². The number of anilines is 1. The summed E-state index contributed by atoms with van der Waals surface area (Å²) in [5, 5.41) is 0.572.